The highest BCUT2D eigenvalue weighted by molar-refractivity contribution is 6.06. The lowest BCUT2D eigenvalue weighted by atomic mass is 10.1. The van der Waals surface area contributed by atoms with Crippen LogP contribution in [0, 0.1) is 5.92 Å². The molecule has 1 aliphatic rings. The van der Waals surface area contributed by atoms with Gasteiger partial charge in [0.25, 0.3) is 5.91 Å². The van der Waals surface area contributed by atoms with E-state index >= 15 is 0 Å². The molecule has 5 nitrogen and oxygen atoms in total. The van der Waals surface area contributed by atoms with Crippen LogP contribution >= 0.6 is 0 Å². The molecule has 1 heterocycles. The Morgan fingerprint density at radius 2 is 2.09 bits per heavy atom. The molecule has 0 aromatic heterocycles. The highest BCUT2D eigenvalue weighted by Crippen LogP contribution is 2.33. The first-order valence-electron chi connectivity index (χ1n) is 7.87. The van der Waals surface area contributed by atoms with Gasteiger partial charge in [-0.1, -0.05) is 25.1 Å². The summed E-state index contributed by atoms with van der Waals surface area (Å²) in [4.78, 5) is 28.5. The van der Waals surface area contributed by atoms with Crippen LogP contribution in [0.4, 0.5) is 11.4 Å². The molecule has 0 spiro atoms. The first-order valence-corrected chi connectivity index (χ1v) is 7.87. The summed E-state index contributed by atoms with van der Waals surface area (Å²) in [5.41, 5.74) is 1.49. The van der Waals surface area contributed by atoms with E-state index in [1.165, 1.54) is 0 Å². The normalized spacial score (nSPS) is 19.1. The van der Waals surface area contributed by atoms with Crippen molar-refractivity contribution >= 4 is 23.2 Å². The average molecular weight is 316 g/mol. The third-order valence-corrected chi connectivity index (χ3v) is 4.05. The molecule has 1 aromatic carbocycles. The highest BCUT2D eigenvalue weighted by atomic mass is 16.5. The standard InChI is InChI=1S/C18H24N2O3/c1-5-6-11-23-14(3)18(22)20-12-13(2)17(21)19(4)15-9-7-8-10-16(15)20/h5,7-10,13-14H,1,6,11-12H2,2-4H3/t13-,14-/m1/s1. The van der Waals surface area contributed by atoms with Gasteiger partial charge in [-0.25, -0.2) is 0 Å². The Morgan fingerprint density at radius 1 is 1.43 bits per heavy atom. The number of benzene rings is 1. The van der Waals surface area contributed by atoms with E-state index in [0.717, 1.165) is 11.4 Å². The third-order valence-electron chi connectivity index (χ3n) is 4.05. The minimum atomic E-state index is -0.561. The predicted octanol–water partition coefficient (Wildman–Crippen LogP) is 2.61. The van der Waals surface area contributed by atoms with E-state index in [0.29, 0.717) is 19.6 Å². The van der Waals surface area contributed by atoms with Gasteiger partial charge in [-0.2, -0.15) is 0 Å². The molecular formula is C18H24N2O3. The molecule has 0 N–H and O–H groups in total. The minimum absolute atomic E-state index is 0.00739. The van der Waals surface area contributed by atoms with Crippen LogP contribution in [0.2, 0.25) is 0 Å². The van der Waals surface area contributed by atoms with Crippen molar-refractivity contribution in [2.45, 2.75) is 26.4 Å². The SMILES string of the molecule is C=CCCO[C@H](C)C(=O)N1C[C@@H](C)C(=O)N(C)c2ccccc21. The Kier molecular flexibility index (Phi) is 5.55. The summed E-state index contributed by atoms with van der Waals surface area (Å²) in [7, 11) is 1.75. The number of ether oxygens (including phenoxy) is 1. The fraction of sp³-hybridized carbons (Fsp3) is 0.444. The van der Waals surface area contributed by atoms with Gasteiger partial charge in [-0.3, -0.25) is 9.59 Å². The zero-order valence-electron chi connectivity index (χ0n) is 14.0. The van der Waals surface area contributed by atoms with E-state index < -0.39 is 6.10 Å². The van der Waals surface area contributed by atoms with E-state index in [-0.39, 0.29) is 17.7 Å². The number of hydrogen-bond donors (Lipinski definition) is 0. The van der Waals surface area contributed by atoms with Crippen molar-refractivity contribution in [3.8, 4) is 0 Å². The van der Waals surface area contributed by atoms with E-state index in [1.54, 1.807) is 29.8 Å². The third kappa shape index (κ3) is 3.62. The van der Waals surface area contributed by atoms with Gasteiger partial charge >= 0.3 is 0 Å². The van der Waals surface area contributed by atoms with Gasteiger partial charge in [-0.15, -0.1) is 6.58 Å². The second-order valence-electron chi connectivity index (χ2n) is 5.83. The van der Waals surface area contributed by atoms with Crippen LogP contribution < -0.4 is 9.80 Å². The van der Waals surface area contributed by atoms with Crippen LogP contribution in [0.15, 0.2) is 36.9 Å². The van der Waals surface area contributed by atoms with Crippen molar-refractivity contribution in [3.63, 3.8) is 0 Å². The second kappa shape index (κ2) is 7.42. The summed E-state index contributed by atoms with van der Waals surface area (Å²) in [5, 5.41) is 0. The number of amides is 2. The second-order valence-corrected chi connectivity index (χ2v) is 5.83. The number of carbonyl (C=O) groups is 2. The largest absolute Gasteiger partial charge is 0.368 e. The smallest absolute Gasteiger partial charge is 0.255 e. The van der Waals surface area contributed by atoms with Crippen molar-refractivity contribution in [3.05, 3.63) is 36.9 Å². The van der Waals surface area contributed by atoms with E-state index in [4.69, 9.17) is 4.74 Å². The van der Waals surface area contributed by atoms with E-state index in [9.17, 15) is 9.59 Å². The molecule has 5 heteroatoms. The number of anilines is 2. The molecule has 2 rings (SSSR count). The lowest BCUT2D eigenvalue weighted by Crippen LogP contribution is -2.42. The molecule has 1 aromatic rings. The summed E-state index contributed by atoms with van der Waals surface area (Å²) < 4.78 is 5.58. The Hall–Kier alpha value is -2.14. The van der Waals surface area contributed by atoms with E-state index in [1.807, 2.05) is 31.2 Å². The minimum Gasteiger partial charge on any atom is -0.368 e. The number of nitrogens with zero attached hydrogens (tertiary/aromatic N) is 2. The fourth-order valence-corrected chi connectivity index (χ4v) is 2.70. The summed E-state index contributed by atoms with van der Waals surface area (Å²) in [5.74, 6) is -0.388. The van der Waals surface area contributed by atoms with Crippen molar-refractivity contribution in [2.75, 3.05) is 30.0 Å². The maximum atomic E-state index is 12.8. The van der Waals surface area contributed by atoms with E-state index in [2.05, 4.69) is 6.58 Å². The Labute approximate surface area is 137 Å². The molecule has 0 saturated heterocycles. The molecule has 0 aliphatic carbocycles. The Morgan fingerprint density at radius 3 is 2.74 bits per heavy atom. The summed E-state index contributed by atoms with van der Waals surface area (Å²) in [6, 6.07) is 7.46. The van der Waals surface area contributed by atoms with Crippen LogP contribution in [-0.2, 0) is 14.3 Å². The molecule has 0 saturated carbocycles. The molecule has 2 amide bonds. The first-order chi connectivity index (χ1) is 11.0. The van der Waals surface area contributed by atoms with Gasteiger partial charge in [0.15, 0.2) is 0 Å². The van der Waals surface area contributed by atoms with Gasteiger partial charge in [0.2, 0.25) is 5.91 Å². The van der Waals surface area contributed by atoms with Crippen molar-refractivity contribution in [2.24, 2.45) is 5.92 Å². The van der Waals surface area contributed by atoms with Crippen molar-refractivity contribution < 1.29 is 14.3 Å². The molecule has 2 atom stereocenters. The van der Waals surface area contributed by atoms with Crippen LogP contribution in [0.25, 0.3) is 0 Å². The van der Waals surface area contributed by atoms with Gasteiger partial charge in [0.1, 0.15) is 6.10 Å². The molecule has 124 valence electrons. The predicted molar refractivity (Wildman–Crippen MR) is 91.6 cm³/mol. The molecular weight excluding hydrogens is 292 g/mol. The monoisotopic (exact) mass is 316 g/mol. The van der Waals surface area contributed by atoms with Crippen LogP contribution in [0.5, 0.6) is 0 Å². The molecule has 23 heavy (non-hydrogen) atoms. The number of rotatable bonds is 5. The number of hydrogen-bond acceptors (Lipinski definition) is 3. The van der Waals surface area contributed by atoms with Crippen molar-refractivity contribution in [1.82, 2.24) is 0 Å². The topological polar surface area (TPSA) is 49.9 Å². The number of para-hydroxylation sites is 2. The Balaban J connectivity index is 2.29. The van der Waals surface area contributed by atoms with Crippen molar-refractivity contribution in [1.29, 1.82) is 0 Å². The lowest BCUT2D eigenvalue weighted by molar-refractivity contribution is -0.129. The fourth-order valence-electron chi connectivity index (χ4n) is 2.70. The summed E-state index contributed by atoms with van der Waals surface area (Å²) in [6.07, 6.45) is 1.90. The molecule has 0 bridgehead atoms. The van der Waals surface area contributed by atoms with Gasteiger partial charge in [0, 0.05) is 13.6 Å². The zero-order chi connectivity index (χ0) is 17.0. The maximum Gasteiger partial charge on any atom is 0.255 e. The van der Waals surface area contributed by atoms with Gasteiger partial charge in [-0.05, 0) is 25.5 Å². The quantitative estimate of drug-likeness (QED) is 0.620. The zero-order valence-corrected chi connectivity index (χ0v) is 14.0. The summed E-state index contributed by atoms with van der Waals surface area (Å²) >= 11 is 0. The molecule has 1 aliphatic heterocycles. The molecule has 0 radical (unpaired) electrons. The highest BCUT2D eigenvalue weighted by Gasteiger charge is 2.33. The lowest BCUT2D eigenvalue weighted by Gasteiger charge is -2.26. The molecule has 0 unspecified atom stereocenters. The van der Waals surface area contributed by atoms with Crippen LogP contribution in [0.3, 0.4) is 0 Å². The van der Waals surface area contributed by atoms with Crippen LogP contribution in [-0.4, -0.2) is 38.1 Å². The molecule has 0 fully saturated rings. The number of fused-ring (bicyclic) bond motifs is 1. The number of carbonyl (C=O) groups excluding carboxylic acids is 2. The van der Waals surface area contributed by atoms with Gasteiger partial charge in [0.05, 0.1) is 23.9 Å². The van der Waals surface area contributed by atoms with Crippen LogP contribution in [0.1, 0.15) is 20.3 Å². The Bertz CT molecular complexity index is 600. The first kappa shape index (κ1) is 17.2. The maximum absolute atomic E-state index is 12.8. The van der Waals surface area contributed by atoms with Gasteiger partial charge < -0.3 is 14.5 Å². The average Bonchev–Trinajstić information content (AvgIpc) is 2.65. The summed E-state index contributed by atoms with van der Waals surface area (Å²) in [6.45, 7) is 8.04.